The number of hydrogen-bond donors (Lipinski definition) is 1. The average Bonchev–Trinajstić information content (AvgIpc) is 3.26. The predicted molar refractivity (Wildman–Crippen MR) is 80.0 cm³/mol. The van der Waals surface area contributed by atoms with Gasteiger partial charge in [-0.15, -0.1) is 5.10 Å². The van der Waals surface area contributed by atoms with Gasteiger partial charge in [0.25, 0.3) is 5.78 Å². The molecule has 0 aliphatic carbocycles. The monoisotopic (exact) mass is 345 g/mol. The summed E-state index contributed by atoms with van der Waals surface area (Å²) in [6, 6.07) is 7.74. The van der Waals surface area contributed by atoms with Crippen molar-refractivity contribution in [1.29, 1.82) is 0 Å². The van der Waals surface area contributed by atoms with Crippen LogP contribution < -0.4 is 0 Å². The molecule has 8 nitrogen and oxygen atoms in total. The van der Waals surface area contributed by atoms with Crippen molar-refractivity contribution in [2.75, 3.05) is 0 Å². The van der Waals surface area contributed by atoms with E-state index in [0.717, 1.165) is 12.5 Å². The summed E-state index contributed by atoms with van der Waals surface area (Å²) in [6.07, 6.45) is 2.93. The summed E-state index contributed by atoms with van der Waals surface area (Å²) in [7, 11) is -3.85. The Hall–Kier alpha value is -3.07. The Balaban J connectivity index is 1.89. The van der Waals surface area contributed by atoms with Crippen molar-refractivity contribution in [1.82, 2.24) is 15.2 Å². The number of rotatable bonds is 6. The Bertz CT molecular complexity index is 975. The molecular weight excluding hydrogens is 334 g/mol. The molecule has 3 aromatic rings. The topological polar surface area (TPSA) is 123 Å². The van der Waals surface area contributed by atoms with Crippen LogP contribution in [0.3, 0.4) is 0 Å². The number of aromatic nitrogens is 3. The highest BCUT2D eigenvalue weighted by Crippen LogP contribution is 2.25. The van der Waals surface area contributed by atoms with Crippen molar-refractivity contribution in [3.63, 3.8) is 0 Å². The molecule has 0 aliphatic rings. The number of sulfone groups is 1. The van der Waals surface area contributed by atoms with Crippen LogP contribution >= 0.6 is 0 Å². The largest absolute Gasteiger partial charge is 0.471 e. The Morgan fingerprint density at radius 1 is 1.12 bits per heavy atom. The zero-order valence-electron chi connectivity index (χ0n) is 12.2. The lowest BCUT2D eigenvalue weighted by molar-refractivity contribution is -0.114. The highest BCUT2D eigenvalue weighted by atomic mass is 32.2. The van der Waals surface area contributed by atoms with Gasteiger partial charge in [0.15, 0.2) is 0 Å². The van der Waals surface area contributed by atoms with Gasteiger partial charge in [0.1, 0.15) is 17.5 Å². The second kappa shape index (κ2) is 6.20. The minimum absolute atomic E-state index is 0.0698. The van der Waals surface area contributed by atoms with Gasteiger partial charge in [-0.2, -0.15) is 0 Å². The maximum absolute atomic E-state index is 12.6. The zero-order valence-corrected chi connectivity index (χ0v) is 13.0. The molecule has 1 N–H and O–H groups in total. The standard InChI is InChI=1S/C15H11N3O5S/c19-12(14(20)15-16-9-17-18-15)6-10-7-23-8-13(10)24(21,22)11-4-2-1-3-5-11/h1-5,7-9H,6H2,(H,16,17,18). The van der Waals surface area contributed by atoms with Crippen LogP contribution in [0.15, 0.2) is 63.4 Å². The van der Waals surface area contributed by atoms with E-state index in [4.69, 9.17) is 4.42 Å². The quantitative estimate of drug-likeness (QED) is 0.526. The third-order valence-corrected chi connectivity index (χ3v) is 5.10. The van der Waals surface area contributed by atoms with Crippen LogP contribution in [0.1, 0.15) is 16.2 Å². The van der Waals surface area contributed by atoms with Crippen LogP contribution in [-0.4, -0.2) is 35.2 Å². The third-order valence-electron chi connectivity index (χ3n) is 3.27. The second-order valence-electron chi connectivity index (χ2n) is 4.83. The molecule has 0 aliphatic heterocycles. The number of benzene rings is 1. The fourth-order valence-corrected chi connectivity index (χ4v) is 3.52. The minimum Gasteiger partial charge on any atom is -0.471 e. The molecule has 0 saturated carbocycles. The third kappa shape index (κ3) is 2.88. The molecule has 0 bridgehead atoms. The number of nitrogens with zero attached hydrogens (tertiary/aromatic N) is 2. The van der Waals surface area contributed by atoms with E-state index in [-0.39, 0.29) is 21.2 Å². The maximum atomic E-state index is 12.6. The molecule has 0 amide bonds. The maximum Gasteiger partial charge on any atom is 0.267 e. The van der Waals surface area contributed by atoms with Crippen LogP contribution in [0.25, 0.3) is 0 Å². The molecule has 1 aromatic carbocycles. The highest BCUT2D eigenvalue weighted by Gasteiger charge is 2.27. The fraction of sp³-hybridized carbons (Fsp3) is 0.0667. The first-order chi connectivity index (χ1) is 11.5. The van der Waals surface area contributed by atoms with Crippen molar-refractivity contribution in [2.24, 2.45) is 0 Å². The van der Waals surface area contributed by atoms with E-state index < -0.39 is 27.8 Å². The number of Topliss-reactive ketones (excluding diaryl/α,β-unsaturated/α-hetero) is 2. The first-order valence-electron chi connectivity index (χ1n) is 6.78. The van der Waals surface area contributed by atoms with E-state index in [9.17, 15) is 18.0 Å². The van der Waals surface area contributed by atoms with E-state index >= 15 is 0 Å². The van der Waals surface area contributed by atoms with E-state index in [1.54, 1.807) is 18.2 Å². The highest BCUT2D eigenvalue weighted by molar-refractivity contribution is 7.91. The fourth-order valence-electron chi connectivity index (χ4n) is 2.10. The second-order valence-corrected chi connectivity index (χ2v) is 6.75. The Kier molecular flexibility index (Phi) is 4.09. The number of nitrogens with one attached hydrogen (secondary N) is 1. The Morgan fingerprint density at radius 3 is 2.54 bits per heavy atom. The first-order valence-corrected chi connectivity index (χ1v) is 8.27. The summed E-state index contributed by atoms with van der Waals surface area (Å²) in [5.41, 5.74) is 0.104. The molecule has 24 heavy (non-hydrogen) atoms. The minimum atomic E-state index is -3.85. The summed E-state index contributed by atoms with van der Waals surface area (Å²) < 4.78 is 30.2. The SMILES string of the molecule is O=C(Cc1cocc1S(=O)(=O)c1ccccc1)C(=O)c1nc[nH]n1. The lowest BCUT2D eigenvalue weighted by Crippen LogP contribution is -2.19. The first kappa shape index (κ1) is 15.8. The van der Waals surface area contributed by atoms with Gasteiger partial charge in [-0.3, -0.25) is 14.7 Å². The molecule has 0 unspecified atom stereocenters. The van der Waals surface area contributed by atoms with Gasteiger partial charge in [0, 0.05) is 12.0 Å². The molecule has 2 heterocycles. The molecule has 0 saturated heterocycles. The summed E-state index contributed by atoms with van der Waals surface area (Å²) in [4.78, 5) is 27.5. The van der Waals surface area contributed by atoms with Gasteiger partial charge in [0.2, 0.25) is 21.4 Å². The van der Waals surface area contributed by atoms with Gasteiger partial charge in [0.05, 0.1) is 11.2 Å². The number of hydrogen-bond acceptors (Lipinski definition) is 7. The number of H-pyrrole nitrogens is 1. The predicted octanol–water partition coefficient (Wildman–Crippen LogP) is 1.22. The van der Waals surface area contributed by atoms with E-state index in [2.05, 4.69) is 15.2 Å². The van der Waals surface area contributed by atoms with Crippen LogP contribution in [-0.2, 0) is 21.1 Å². The van der Waals surface area contributed by atoms with E-state index in [1.165, 1.54) is 18.5 Å². The van der Waals surface area contributed by atoms with Crippen molar-refractivity contribution in [3.05, 3.63) is 60.6 Å². The smallest absolute Gasteiger partial charge is 0.267 e. The summed E-state index contributed by atoms with van der Waals surface area (Å²) in [6.45, 7) is 0. The summed E-state index contributed by atoms with van der Waals surface area (Å²) >= 11 is 0. The molecule has 0 fully saturated rings. The number of carbonyl (C=O) groups is 2. The van der Waals surface area contributed by atoms with Crippen LogP contribution in [0.2, 0.25) is 0 Å². The summed E-state index contributed by atoms with van der Waals surface area (Å²) in [5, 5.41) is 5.87. The van der Waals surface area contributed by atoms with E-state index in [0.29, 0.717) is 0 Å². The van der Waals surface area contributed by atoms with Crippen LogP contribution in [0, 0.1) is 0 Å². The molecular formula is C15H11N3O5S. The molecule has 9 heteroatoms. The molecule has 3 rings (SSSR count). The molecule has 0 radical (unpaired) electrons. The normalized spacial score (nSPS) is 11.3. The van der Waals surface area contributed by atoms with Gasteiger partial charge in [-0.05, 0) is 12.1 Å². The van der Waals surface area contributed by atoms with Crippen molar-refractivity contribution in [2.45, 2.75) is 16.2 Å². The van der Waals surface area contributed by atoms with Crippen molar-refractivity contribution in [3.8, 4) is 0 Å². The number of aromatic amines is 1. The Morgan fingerprint density at radius 2 is 1.88 bits per heavy atom. The van der Waals surface area contributed by atoms with Gasteiger partial charge >= 0.3 is 0 Å². The van der Waals surface area contributed by atoms with Crippen molar-refractivity contribution >= 4 is 21.4 Å². The lowest BCUT2D eigenvalue weighted by Gasteiger charge is -2.04. The number of carbonyl (C=O) groups excluding carboxylic acids is 2. The van der Waals surface area contributed by atoms with Gasteiger partial charge < -0.3 is 4.42 Å². The van der Waals surface area contributed by atoms with Crippen LogP contribution in [0.5, 0.6) is 0 Å². The number of ketones is 2. The van der Waals surface area contributed by atoms with Gasteiger partial charge in [-0.1, -0.05) is 18.2 Å². The molecule has 0 atom stereocenters. The lowest BCUT2D eigenvalue weighted by atomic mass is 10.1. The summed E-state index contributed by atoms with van der Waals surface area (Å²) in [5.74, 6) is -2.00. The average molecular weight is 345 g/mol. The molecule has 0 spiro atoms. The van der Waals surface area contributed by atoms with Crippen LogP contribution in [0.4, 0.5) is 0 Å². The number of furan rings is 1. The Labute approximate surface area is 136 Å². The van der Waals surface area contributed by atoms with Gasteiger partial charge in [-0.25, -0.2) is 13.4 Å². The van der Waals surface area contributed by atoms with E-state index in [1.807, 2.05) is 0 Å². The van der Waals surface area contributed by atoms with Crippen molar-refractivity contribution < 1.29 is 22.4 Å². The zero-order chi connectivity index (χ0) is 17.2. The molecule has 122 valence electrons. The molecule has 2 aromatic heterocycles.